The molecular weight excluding hydrogens is 234 g/mol. The number of hydrogen-bond donors (Lipinski definition) is 1. The van der Waals surface area contributed by atoms with E-state index in [9.17, 15) is 4.79 Å². The molecule has 0 unspecified atom stereocenters. The molecule has 1 aromatic rings. The molecule has 1 heterocycles. The molecule has 0 spiro atoms. The maximum Gasteiger partial charge on any atom is 0.414 e. The van der Waals surface area contributed by atoms with Gasteiger partial charge in [0.1, 0.15) is 12.4 Å². The van der Waals surface area contributed by atoms with E-state index in [0.29, 0.717) is 6.54 Å². The Morgan fingerprint density at radius 2 is 2.33 bits per heavy atom. The number of aryl methyl sites for hydroxylation is 1. The molecule has 0 fully saturated rings. The molecule has 5 nitrogen and oxygen atoms in total. The molecule has 0 aliphatic carbocycles. The summed E-state index contributed by atoms with van der Waals surface area (Å²) in [5.41, 5.74) is 1.95. The van der Waals surface area contributed by atoms with Gasteiger partial charge in [-0.1, -0.05) is 0 Å². The van der Waals surface area contributed by atoms with Crippen LogP contribution in [-0.4, -0.2) is 38.1 Å². The lowest BCUT2D eigenvalue weighted by atomic mass is 10.0. The van der Waals surface area contributed by atoms with Gasteiger partial charge in [-0.05, 0) is 36.6 Å². The van der Waals surface area contributed by atoms with E-state index in [4.69, 9.17) is 14.6 Å². The van der Waals surface area contributed by atoms with Crippen molar-refractivity contribution in [2.75, 3.05) is 31.8 Å². The van der Waals surface area contributed by atoms with Gasteiger partial charge >= 0.3 is 6.09 Å². The lowest BCUT2D eigenvalue weighted by molar-refractivity contribution is 0.124. The van der Waals surface area contributed by atoms with Crippen molar-refractivity contribution < 1.29 is 19.4 Å². The SMILES string of the molecule is COc1ccc2c(c1)CCCN2C(=O)OCCO. The fourth-order valence-electron chi connectivity index (χ4n) is 2.10. The van der Waals surface area contributed by atoms with Gasteiger partial charge in [0, 0.05) is 6.54 Å². The number of nitrogens with zero attached hydrogens (tertiary/aromatic N) is 1. The summed E-state index contributed by atoms with van der Waals surface area (Å²) in [4.78, 5) is 13.4. The van der Waals surface area contributed by atoms with Crippen molar-refractivity contribution >= 4 is 11.8 Å². The molecule has 0 saturated carbocycles. The van der Waals surface area contributed by atoms with E-state index in [0.717, 1.165) is 29.8 Å². The number of aliphatic hydroxyl groups excluding tert-OH is 1. The Morgan fingerprint density at radius 3 is 3.06 bits per heavy atom. The smallest absolute Gasteiger partial charge is 0.414 e. The van der Waals surface area contributed by atoms with E-state index in [1.807, 2.05) is 18.2 Å². The molecule has 5 heteroatoms. The van der Waals surface area contributed by atoms with E-state index in [1.165, 1.54) is 0 Å². The predicted octanol–water partition coefficient (Wildman–Crippen LogP) is 1.58. The van der Waals surface area contributed by atoms with E-state index in [2.05, 4.69) is 0 Å². The zero-order valence-corrected chi connectivity index (χ0v) is 10.4. The van der Waals surface area contributed by atoms with Crippen molar-refractivity contribution in [2.45, 2.75) is 12.8 Å². The average Bonchev–Trinajstić information content (AvgIpc) is 2.43. The van der Waals surface area contributed by atoms with Crippen LogP contribution in [0.1, 0.15) is 12.0 Å². The summed E-state index contributed by atoms with van der Waals surface area (Å²) in [7, 11) is 1.62. The second kappa shape index (κ2) is 5.73. The molecule has 1 amide bonds. The van der Waals surface area contributed by atoms with Gasteiger partial charge in [-0.15, -0.1) is 0 Å². The van der Waals surface area contributed by atoms with E-state index < -0.39 is 6.09 Å². The quantitative estimate of drug-likeness (QED) is 0.886. The number of rotatable bonds is 3. The number of amides is 1. The number of anilines is 1. The number of carbonyl (C=O) groups is 1. The molecular formula is C13H17NO4. The third kappa shape index (κ3) is 2.56. The summed E-state index contributed by atoms with van der Waals surface area (Å²) in [6.45, 7) is 0.513. The van der Waals surface area contributed by atoms with Crippen LogP contribution >= 0.6 is 0 Å². The summed E-state index contributed by atoms with van der Waals surface area (Å²) in [5.74, 6) is 0.791. The molecule has 98 valence electrons. The lowest BCUT2D eigenvalue weighted by Crippen LogP contribution is -2.36. The topological polar surface area (TPSA) is 59.0 Å². The van der Waals surface area contributed by atoms with Gasteiger partial charge in [0.15, 0.2) is 0 Å². The monoisotopic (exact) mass is 251 g/mol. The Kier molecular flexibility index (Phi) is 4.04. The molecule has 2 rings (SSSR count). The molecule has 0 bridgehead atoms. The highest BCUT2D eigenvalue weighted by Gasteiger charge is 2.23. The van der Waals surface area contributed by atoms with Gasteiger partial charge < -0.3 is 14.6 Å². The molecule has 0 radical (unpaired) electrons. The van der Waals surface area contributed by atoms with Gasteiger partial charge in [-0.3, -0.25) is 4.90 Å². The van der Waals surface area contributed by atoms with Crippen LogP contribution in [0, 0.1) is 0 Å². The highest BCUT2D eigenvalue weighted by Crippen LogP contribution is 2.30. The molecule has 1 aromatic carbocycles. The van der Waals surface area contributed by atoms with E-state index in [1.54, 1.807) is 12.0 Å². The van der Waals surface area contributed by atoms with E-state index >= 15 is 0 Å². The zero-order chi connectivity index (χ0) is 13.0. The summed E-state index contributed by atoms with van der Waals surface area (Å²) >= 11 is 0. The highest BCUT2D eigenvalue weighted by atomic mass is 16.6. The summed E-state index contributed by atoms with van der Waals surface area (Å²) in [6, 6.07) is 5.64. The maximum atomic E-state index is 11.8. The Labute approximate surface area is 106 Å². The van der Waals surface area contributed by atoms with Crippen LogP contribution in [0.25, 0.3) is 0 Å². The number of carbonyl (C=O) groups excluding carboxylic acids is 1. The maximum absolute atomic E-state index is 11.8. The highest BCUT2D eigenvalue weighted by molar-refractivity contribution is 5.89. The van der Waals surface area contributed by atoms with Crippen LogP contribution in [0.4, 0.5) is 10.5 Å². The first-order chi connectivity index (χ1) is 8.76. The van der Waals surface area contributed by atoms with Gasteiger partial charge in [-0.2, -0.15) is 0 Å². The lowest BCUT2D eigenvalue weighted by Gasteiger charge is -2.28. The predicted molar refractivity (Wildman–Crippen MR) is 67.1 cm³/mol. The molecule has 1 aliphatic rings. The Bertz CT molecular complexity index is 433. The van der Waals surface area contributed by atoms with E-state index in [-0.39, 0.29) is 13.2 Å². The van der Waals surface area contributed by atoms with Crippen molar-refractivity contribution in [2.24, 2.45) is 0 Å². The zero-order valence-electron chi connectivity index (χ0n) is 10.4. The number of ether oxygens (including phenoxy) is 2. The fourth-order valence-corrected chi connectivity index (χ4v) is 2.10. The minimum atomic E-state index is -0.407. The minimum Gasteiger partial charge on any atom is -0.497 e. The standard InChI is InChI=1S/C13H17NO4/c1-17-11-4-5-12-10(9-11)3-2-6-14(12)13(16)18-8-7-15/h4-5,9,15H,2-3,6-8H2,1H3. The largest absolute Gasteiger partial charge is 0.497 e. The first-order valence-corrected chi connectivity index (χ1v) is 5.98. The van der Waals surface area contributed by atoms with Gasteiger partial charge in [0.05, 0.1) is 19.4 Å². The number of fused-ring (bicyclic) bond motifs is 1. The second-order valence-electron chi connectivity index (χ2n) is 4.09. The summed E-state index contributed by atoms with van der Waals surface area (Å²) in [6.07, 6.45) is 1.42. The number of hydrogen-bond acceptors (Lipinski definition) is 4. The van der Waals surface area contributed by atoms with Crippen LogP contribution in [0.15, 0.2) is 18.2 Å². The molecule has 0 saturated heterocycles. The van der Waals surface area contributed by atoms with Crippen LogP contribution in [-0.2, 0) is 11.2 Å². The first-order valence-electron chi connectivity index (χ1n) is 5.98. The van der Waals surface area contributed by atoms with Gasteiger partial charge in [0.25, 0.3) is 0 Å². The van der Waals surface area contributed by atoms with Gasteiger partial charge in [-0.25, -0.2) is 4.79 Å². The average molecular weight is 251 g/mol. The third-order valence-electron chi connectivity index (χ3n) is 2.94. The van der Waals surface area contributed by atoms with Gasteiger partial charge in [0.2, 0.25) is 0 Å². The second-order valence-corrected chi connectivity index (χ2v) is 4.09. The summed E-state index contributed by atoms with van der Waals surface area (Å²) < 4.78 is 10.1. The fraction of sp³-hybridized carbons (Fsp3) is 0.462. The van der Waals surface area contributed by atoms with Crippen molar-refractivity contribution in [3.63, 3.8) is 0 Å². The molecule has 18 heavy (non-hydrogen) atoms. The normalized spacial score (nSPS) is 14.0. The number of methoxy groups -OCH3 is 1. The molecule has 1 aliphatic heterocycles. The molecule has 1 N–H and O–H groups in total. The van der Waals surface area contributed by atoms with Crippen LogP contribution in [0.3, 0.4) is 0 Å². The first kappa shape index (κ1) is 12.7. The van der Waals surface area contributed by atoms with Crippen LogP contribution in [0.2, 0.25) is 0 Å². The molecule has 0 aromatic heterocycles. The Morgan fingerprint density at radius 1 is 1.50 bits per heavy atom. The Hall–Kier alpha value is -1.75. The van der Waals surface area contributed by atoms with Crippen molar-refractivity contribution in [1.82, 2.24) is 0 Å². The minimum absolute atomic E-state index is 0.0286. The van der Waals surface area contributed by atoms with Crippen LogP contribution < -0.4 is 9.64 Å². The van der Waals surface area contributed by atoms with Crippen molar-refractivity contribution in [3.8, 4) is 5.75 Å². The van der Waals surface area contributed by atoms with Crippen molar-refractivity contribution in [1.29, 1.82) is 0 Å². The number of aliphatic hydroxyl groups is 1. The number of benzene rings is 1. The Balaban J connectivity index is 2.19. The van der Waals surface area contributed by atoms with Crippen LogP contribution in [0.5, 0.6) is 5.75 Å². The summed E-state index contributed by atoms with van der Waals surface area (Å²) in [5, 5.41) is 8.66. The molecule has 0 atom stereocenters. The third-order valence-corrected chi connectivity index (χ3v) is 2.94. The van der Waals surface area contributed by atoms with Crippen molar-refractivity contribution in [3.05, 3.63) is 23.8 Å².